The van der Waals surface area contributed by atoms with Crippen molar-refractivity contribution in [2.75, 3.05) is 4.90 Å². The third-order valence-corrected chi connectivity index (χ3v) is 11.6. The lowest BCUT2D eigenvalue weighted by molar-refractivity contribution is 0.668. The number of hydrogen-bond acceptors (Lipinski definition) is 4. The highest BCUT2D eigenvalue weighted by atomic mass is 32.1. The van der Waals surface area contributed by atoms with E-state index in [1.165, 1.54) is 31.3 Å². The van der Waals surface area contributed by atoms with Crippen molar-refractivity contribution < 1.29 is 8.83 Å². The molecule has 0 N–H and O–H groups in total. The van der Waals surface area contributed by atoms with E-state index in [2.05, 4.69) is 157 Å². The summed E-state index contributed by atoms with van der Waals surface area (Å²) in [4.78, 5) is 2.40. The molecule has 3 heterocycles. The van der Waals surface area contributed by atoms with Crippen LogP contribution >= 0.6 is 11.3 Å². The summed E-state index contributed by atoms with van der Waals surface area (Å²) in [5, 5.41) is 7.02. The van der Waals surface area contributed by atoms with Crippen molar-refractivity contribution in [1.29, 1.82) is 0 Å². The predicted octanol–water partition coefficient (Wildman–Crippen LogP) is 14.7. The number of hydrogen-bond donors (Lipinski definition) is 0. The van der Waals surface area contributed by atoms with Gasteiger partial charge in [-0.25, -0.2) is 0 Å². The van der Waals surface area contributed by atoms with E-state index in [4.69, 9.17) is 8.83 Å². The highest BCUT2D eigenvalue weighted by molar-refractivity contribution is 7.27. The number of anilines is 3. The molecular formula is C48H29NO2S. The quantitative estimate of drug-likeness (QED) is 0.181. The number of benzene rings is 8. The van der Waals surface area contributed by atoms with Crippen LogP contribution in [-0.4, -0.2) is 0 Å². The molecule has 0 bridgehead atoms. The Morgan fingerprint density at radius 1 is 0.346 bits per heavy atom. The van der Waals surface area contributed by atoms with Gasteiger partial charge in [-0.2, -0.15) is 0 Å². The van der Waals surface area contributed by atoms with Crippen LogP contribution in [0.25, 0.3) is 86.3 Å². The third kappa shape index (κ3) is 4.51. The number of para-hydroxylation sites is 2. The van der Waals surface area contributed by atoms with E-state index in [9.17, 15) is 0 Å². The molecule has 0 atom stereocenters. The Bertz CT molecular complexity index is 3130. The van der Waals surface area contributed by atoms with E-state index < -0.39 is 0 Å². The first-order chi connectivity index (χ1) is 25.8. The number of fused-ring (bicyclic) bond motifs is 9. The second-order valence-electron chi connectivity index (χ2n) is 13.3. The molecule has 52 heavy (non-hydrogen) atoms. The molecule has 4 heteroatoms. The Labute approximate surface area is 303 Å². The number of nitrogens with zero attached hydrogens (tertiary/aromatic N) is 1. The van der Waals surface area contributed by atoms with E-state index in [1.807, 2.05) is 35.6 Å². The minimum Gasteiger partial charge on any atom is -0.456 e. The van der Waals surface area contributed by atoms with Crippen molar-refractivity contribution in [3.05, 3.63) is 176 Å². The van der Waals surface area contributed by atoms with Gasteiger partial charge < -0.3 is 13.7 Å². The first-order valence-electron chi connectivity index (χ1n) is 17.5. The first kappa shape index (κ1) is 29.1. The fourth-order valence-corrected chi connectivity index (χ4v) is 9.16. The Morgan fingerprint density at radius 2 is 0.942 bits per heavy atom. The van der Waals surface area contributed by atoms with E-state index in [1.54, 1.807) is 0 Å². The van der Waals surface area contributed by atoms with Gasteiger partial charge in [0.2, 0.25) is 0 Å². The molecule has 0 unspecified atom stereocenters. The van der Waals surface area contributed by atoms with Gasteiger partial charge in [0.25, 0.3) is 0 Å². The van der Waals surface area contributed by atoms with Crippen molar-refractivity contribution in [2.24, 2.45) is 0 Å². The summed E-state index contributed by atoms with van der Waals surface area (Å²) in [5.74, 6) is 0. The normalized spacial score (nSPS) is 11.8. The lowest BCUT2D eigenvalue weighted by atomic mass is 10.0. The van der Waals surface area contributed by atoms with Crippen LogP contribution < -0.4 is 4.90 Å². The zero-order valence-corrected chi connectivity index (χ0v) is 28.7. The lowest BCUT2D eigenvalue weighted by Gasteiger charge is -2.26. The highest BCUT2D eigenvalue weighted by Crippen LogP contribution is 2.48. The smallest absolute Gasteiger partial charge is 0.136 e. The third-order valence-electron chi connectivity index (χ3n) is 10.3. The van der Waals surface area contributed by atoms with Crippen molar-refractivity contribution in [3.8, 4) is 22.3 Å². The Balaban J connectivity index is 1.10. The number of rotatable bonds is 5. The second-order valence-corrected chi connectivity index (χ2v) is 14.3. The maximum Gasteiger partial charge on any atom is 0.136 e. The van der Waals surface area contributed by atoms with Gasteiger partial charge in [0.15, 0.2) is 0 Å². The fraction of sp³-hybridized carbons (Fsp3) is 0. The molecule has 0 saturated heterocycles. The molecule has 0 spiro atoms. The second kappa shape index (κ2) is 11.5. The molecule has 3 nitrogen and oxygen atoms in total. The average Bonchev–Trinajstić information content (AvgIpc) is 3.90. The minimum absolute atomic E-state index is 0.883. The van der Waals surface area contributed by atoms with Gasteiger partial charge in [-0.1, -0.05) is 115 Å². The topological polar surface area (TPSA) is 29.5 Å². The SMILES string of the molecule is c1ccc(-c2cccc3c2sc2c(N(c4ccc(-c5ccc6c(c5)oc5ccccc56)cc4)c4ccc5oc6ccccc6c5c4)cccc23)cc1. The highest BCUT2D eigenvalue weighted by Gasteiger charge is 2.21. The predicted molar refractivity (Wildman–Crippen MR) is 219 cm³/mol. The molecule has 0 aliphatic rings. The molecule has 11 aromatic rings. The van der Waals surface area contributed by atoms with E-state index >= 15 is 0 Å². The Kier molecular flexibility index (Phi) is 6.42. The number of thiophene rings is 1. The molecular weight excluding hydrogens is 655 g/mol. The largest absolute Gasteiger partial charge is 0.456 e. The molecule has 244 valence electrons. The van der Waals surface area contributed by atoms with Crippen LogP contribution in [0.4, 0.5) is 17.1 Å². The molecule has 0 radical (unpaired) electrons. The molecule has 0 aliphatic carbocycles. The van der Waals surface area contributed by atoms with Gasteiger partial charge in [-0.3, -0.25) is 0 Å². The van der Waals surface area contributed by atoms with Gasteiger partial charge >= 0.3 is 0 Å². The standard InChI is InChI=1S/C48H29NO2S/c1-2-10-31(11-3-1)35-14-8-15-39-40-16-9-17-42(48(40)52-47(35)39)49(34-25-27-45-41(29-34)37-13-5-7-19-44(37)50-45)33-23-20-30(21-24-33)32-22-26-38-36-12-4-6-18-43(36)51-46(38)28-32/h1-29H. The fourth-order valence-electron chi connectivity index (χ4n) is 7.82. The Morgan fingerprint density at radius 3 is 1.75 bits per heavy atom. The zero-order chi connectivity index (χ0) is 34.2. The summed E-state index contributed by atoms with van der Waals surface area (Å²) in [6, 6.07) is 62.6. The summed E-state index contributed by atoms with van der Waals surface area (Å²) in [7, 11) is 0. The molecule has 0 fully saturated rings. The van der Waals surface area contributed by atoms with E-state index in [-0.39, 0.29) is 0 Å². The molecule has 0 amide bonds. The van der Waals surface area contributed by atoms with Crippen LogP contribution in [0.2, 0.25) is 0 Å². The molecule has 0 aliphatic heterocycles. The molecule has 3 aromatic heterocycles. The van der Waals surface area contributed by atoms with Crippen molar-refractivity contribution in [3.63, 3.8) is 0 Å². The maximum atomic E-state index is 6.25. The van der Waals surface area contributed by atoms with Crippen LogP contribution in [-0.2, 0) is 0 Å². The van der Waals surface area contributed by atoms with Crippen LogP contribution in [0.1, 0.15) is 0 Å². The summed E-state index contributed by atoms with van der Waals surface area (Å²) in [6.07, 6.45) is 0. The maximum absolute atomic E-state index is 6.25. The van der Waals surface area contributed by atoms with Crippen LogP contribution in [0.3, 0.4) is 0 Å². The lowest BCUT2D eigenvalue weighted by Crippen LogP contribution is -2.10. The molecule has 8 aromatic carbocycles. The van der Waals surface area contributed by atoms with Crippen molar-refractivity contribution in [1.82, 2.24) is 0 Å². The van der Waals surface area contributed by atoms with Crippen molar-refractivity contribution in [2.45, 2.75) is 0 Å². The average molecular weight is 684 g/mol. The van der Waals surface area contributed by atoms with Gasteiger partial charge in [-0.05, 0) is 82.9 Å². The van der Waals surface area contributed by atoms with Gasteiger partial charge in [0.05, 0.1) is 10.4 Å². The van der Waals surface area contributed by atoms with Gasteiger partial charge in [0, 0.05) is 48.4 Å². The summed E-state index contributed by atoms with van der Waals surface area (Å²) < 4.78 is 15.0. The van der Waals surface area contributed by atoms with Gasteiger partial charge in [0.1, 0.15) is 22.3 Å². The van der Waals surface area contributed by atoms with Crippen LogP contribution in [0.15, 0.2) is 185 Å². The summed E-state index contributed by atoms with van der Waals surface area (Å²) in [5.41, 5.74) is 11.6. The zero-order valence-electron chi connectivity index (χ0n) is 27.9. The van der Waals surface area contributed by atoms with E-state index in [0.29, 0.717) is 0 Å². The monoisotopic (exact) mass is 683 g/mol. The first-order valence-corrected chi connectivity index (χ1v) is 18.3. The minimum atomic E-state index is 0.883. The van der Waals surface area contributed by atoms with E-state index in [0.717, 1.165) is 72.1 Å². The Hall–Kier alpha value is -6.62. The molecule has 11 rings (SSSR count). The van der Waals surface area contributed by atoms with Crippen LogP contribution in [0, 0.1) is 0 Å². The summed E-state index contributed by atoms with van der Waals surface area (Å²) in [6.45, 7) is 0. The molecule has 0 saturated carbocycles. The number of furan rings is 2. The van der Waals surface area contributed by atoms with Gasteiger partial charge in [-0.15, -0.1) is 11.3 Å². The summed E-state index contributed by atoms with van der Waals surface area (Å²) >= 11 is 1.87. The van der Waals surface area contributed by atoms with Crippen LogP contribution in [0.5, 0.6) is 0 Å². The van der Waals surface area contributed by atoms with Crippen molar-refractivity contribution >= 4 is 92.4 Å².